The number of H-pyrrole nitrogens is 2. The largest absolute Gasteiger partial charge is 0.375 e. The van der Waals surface area contributed by atoms with E-state index in [1.54, 1.807) is 7.11 Å². The van der Waals surface area contributed by atoms with Crippen molar-refractivity contribution in [1.82, 2.24) is 9.97 Å². The third-order valence-corrected chi connectivity index (χ3v) is 4.82. The van der Waals surface area contributed by atoms with Crippen molar-refractivity contribution in [1.29, 1.82) is 0 Å². The smallest absolute Gasteiger partial charge is 0.104 e. The van der Waals surface area contributed by atoms with Gasteiger partial charge in [-0.05, 0) is 41.8 Å². The van der Waals surface area contributed by atoms with Gasteiger partial charge in [0.15, 0.2) is 0 Å². The van der Waals surface area contributed by atoms with Crippen LogP contribution < -0.4 is 0 Å². The van der Waals surface area contributed by atoms with Crippen molar-refractivity contribution in [2.75, 3.05) is 7.11 Å². The lowest BCUT2D eigenvalue weighted by molar-refractivity contribution is 0.0697. The molecule has 2 aromatic heterocycles. The molecule has 3 nitrogen and oxygen atoms in total. The van der Waals surface area contributed by atoms with Crippen molar-refractivity contribution >= 4 is 0 Å². The second kappa shape index (κ2) is 5.50. The molecule has 3 heteroatoms. The van der Waals surface area contributed by atoms with Crippen molar-refractivity contribution in [3.05, 3.63) is 83.4 Å². The van der Waals surface area contributed by atoms with Crippen LogP contribution in [-0.2, 0) is 11.2 Å². The number of hydrogen-bond donors (Lipinski definition) is 2. The second-order valence-electron chi connectivity index (χ2n) is 5.94. The molecule has 1 aliphatic rings. The quantitative estimate of drug-likeness (QED) is 0.745. The lowest BCUT2D eigenvalue weighted by Crippen LogP contribution is -2.18. The number of rotatable bonds is 4. The van der Waals surface area contributed by atoms with Crippen LogP contribution in [0.5, 0.6) is 0 Å². The number of methoxy groups -OCH3 is 1. The molecular weight excluding hydrogens is 272 g/mol. The molecule has 1 aromatic carbocycles. The van der Waals surface area contributed by atoms with Crippen LogP contribution in [-0.4, -0.2) is 17.1 Å². The summed E-state index contributed by atoms with van der Waals surface area (Å²) >= 11 is 0. The lowest BCUT2D eigenvalue weighted by Gasteiger charge is -2.27. The summed E-state index contributed by atoms with van der Waals surface area (Å²) in [6, 6.07) is 17.2. The number of hydrogen-bond acceptors (Lipinski definition) is 1. The Balaban J connectivity index is 1.81. The Morgan fingerprint density at radius 1 is 1.00 bits per heavy atom. The summed E-state index contributed by atoms with van der Waals surface area (Å²) in [4.78, 5) is 6.73. The summed E-state index contributed by atoms with van der Waals surface area (Å²) in [5, 5.41) is 0. The average molecular weight is 292 g/mol. The van der Waals surface area contributed by atoms with Crippen LogP contribution >= 0.6 is 0 Å². The van der Waals surface area contributed by atoms with Crippen molar-refractivity contribution in [2.24, 2.45) is 0 Å². The predicted molar refractivity (Wildman–Crippen MR) is 87.0 cm³/mol. The molecule has 112 valence electrons. The SMILES string of the molecule is COC(c1ccc[nH]1)C1c2ccccc2CC1c1ccc[nH]1. The molecule has 3 aromatic rings. The molecule has 0 bridgehead atoms. The predicted octanol–water partition coefficient (Wildman–Crippen LogP) is 4.15. The summed E-state index contributed by atoms with van der Waals surface area (Å²) in [7, 11) is 1.80. The Kier molecular flexibility index (Phi) is 3.35. The highest BCUT2D eigenvalue weighted by atomic mass is 16.5. The number of ether oxygens (including phenoxy) is 1. The van der Waals surface area contributed by atoms with Gasteiger partial charge in [-0.25, -0.2) is 0 Å². The summed E-state index contributed by atoms with van der Waals surface area (Å²) in [6.07, 6.45) is 5.06. The van der Waals surface area contributed by atoms with E-state index in [4.69, 9.17) is 4.74 Å². The average Bonchev–Trinajstić information content (AvgIpc) is 3.29. The van der Waals surface area contributed by atoms with Crippen molar-refractivity contribution in [3.8, 4) is 0 Å². The van der Waals surface area contributed by atoms with Gasteiger partial charge in [0.1, 0.15) is 6.10 Å². The fourth-order valence-corrected chi connectivity index (χ4v) is 3.87. The fourth-order valence-electron chi connectivity index (χ4n) is 3.87. The number of aromatic amines is 2. The first-order valence-corrected chi connectivity index (χ1v) is 7.75. The van der Waals surface area contributed by atoms with E-state index in [0.29, 0.717) is 11.8 Å². The number of benzene rings is 1. The molecule has 0 saturated carbocycles. The lowest BCUT2D eigenvalue weighted by atomic mass is 9.84. The van der Waals surface area contributed by atoms with E-state index in [1.165, 1.54) is 16.8 Å². The maximum absolute atomic E-state index is 5.92. The third kappa shape index (κ3) is 2.09. The van der Waals surface area contributed by atoms with Crippen molar-refractivity contribution in [3.63, 3.8) is 0 Å². The molecule has 2 heterocycles. The summed E-state index contributed by atoms with van der Waals surface area (Å²) in [6.45, 7) is 0. The number of fused-ring (bicyclic) bond motifs is 1. The van der Waals surface area contributed by atoms with E-state index >= 15 is 0 Å². The highest BCUT2D eigenvalue weighted by molar-refractivity contribution is 5.42. The topological polar surface area (TPSA) is 40.8 Å². The summed E-state index contributed by atoms with van der Waals surface area (Å²) in [5.41, 5.74) is 5.26. The van der Waals surface area contributed by atoms with Crippen molar-refractivity contribution < 1.29 is 4.74 Å². The van der Waals surface area contributed by atoms with E-state index in [0.717, 1.165) is 12.1 Å². The molecule has 3 atom stereocenters. The Hall–Kier alpha value is -2.26. The maximum Gasteiger partial charge on any atom is 0.104 e. The minimum atomic E-state index is 0.0342. The molecule has 4 rings (SSSR count). The van der Waals surface area contributed by atoms with E-state index in [1.807, 2.05) is 18.5 Å². The van der Waals surface area contributed by atoms with Crippen LogP contribution in [0.1, 0.15) is 40.5 Å². The van der Waals surface area contributed by atoms with E-state index in [-0.39, 0.29) is 6.10 Å². The number of nitrogens with one attached hydrogen (secondary N) is 2. The second-order valence-corrected chi connectivity index (χ2v) is 5.94. The van der Waals surface area contributed by atoms with Gasteiger partial charge in [0.2, 0.25) is 0 Å². The molecule has 0 spiro atoms. The summed E-state index contributed by atoms with van der Waals surface area (Å²) < 4.78 is 5.92. The Bertz CT molecular complexity index is 694. The van der Waals surface area contributed by atoms with E-state index in [2.05, 4.69) is 52.4 Å². The molecule has 0 saturated heterocycles. The van der Waals surface area contributed by atoms with Gasteiger partial charge >= 0.3 is 0 Å². The van der Waals surface area contributed by atoms with Crippen molar-refractivity contribution in [2.45, 2.75) is 24.4 Å². The van der Waals surface area contributed by atoms with Crippen LogP contribution in [0.4, 0.5) is 0 Å². The molecule has 0 aliphatic heterocycles. The zero-order valence-electron chi connectivity index (χ0n) is 12.6. The van der Waals surface area contributed by atoms with Crippen LogP contribution in [0, 0.1) is 0 Å². The minimum absolute atomic E-state index is 0.0342. The molecule has 0 fully saturated rings. The normalized spacial score (nSPS) is 21.7. The Morgan fingerprint density at radius 3 is 2.55 bits per heavy atom. The van der Waals surface area contributed by atoms with Gasteiger partial charge in [0, 0.05) is 42.7 Å². The molecule has 22 heavy (non-hydrogen) atoms. The van der Waals surface area contributed by atoms with Gasteiger partial charge in [-0.2, -0.15) is 0 Å². The molecule has 0 amide bonds. The summed E-state index contributed by atoms with van der Waals surface area (Å²) in [5.74, 6) is 0.735. The molecule has 3 unspecified atom stereocenters. The van der Waals surface area contributed by atoms with Gasteiger partial charge in [-0.1, -0.05) is 24.3 Å². The van der Waals surface area contributed by atoms with E-state index in [9.17, 15) is 0 Å². The minimum Gasteiger partial charge on any atom is -0.375 e. The van der Waals surface area contributed by atoms with Crippen LogP contribution in [0.25, 0.3) is 0 Å². The Labute approximate surface area is 130 Å². The van der Waals surface area contributed by atoms with Gasteiger partial charge in [-0.15, -0.1) is 0 Å². The first-order valence-electron chi connectivity index (χ1n) is 7.75. The fraction of sp³-hybridized carbons (Fsp3) is 0.263. The highest BCUT2D eigenvalue weighted by Gasteiger charge is 2.40. The molecule has 2 N–H and O–H groups in total. The first kappa shape index (κ1) is 13.4. The molecule has 0 radical (unpaired) electrons. The monoisotopic (exact) mass is 292 g/mol. The standard InChI is InChI=1S/C19H20N2O/c1-22-19(17-9-5-11-21-17)18-14-7-3-2-6-13(14)12-15(18)16-8-4-10-20-16/h2-11,15,18-21H,12H2,1H3. The third-order valence-electron chi connectivity index (χ3n) is 4.82. The highest BCUT2D eigenvalue weighted by Crippen LogP contribution is 2.50. The Morgan fingerprint density at radius 2 is 1.82 bits per heavy atom. The first-order chi connectivity index (χ1) is 10.9. The van der Waals surface area contributed by atoms with Gasteiger partial charge in [-0.3, -0.25) is 0 Å². The van der Waals surface area contributed by atoms with E-state index < -0.39 is 0 Å². The zero-order chi connectivity index (χ0) is 14.9. The molecule has 1 aliphatic carbocycles. The zero-order valence-corrected chi connectivity index (χ0v) is 12.6. The van der Waals surface area contributed by atoms with Crippen LogP contribution in [0.15, 0.2) is 60.9 Å². The van der Waals surface area contributed by atoms with Gasteiger partial charge in [0.25, 0.3) is 0 Å². The van der Waals surface area contributed by atoms with Gasteiger partial charge < -0.3 is 14.7 Å². The van der Waals surface area contributed by atoms with Crippen LogP contribution in [0.2, 0.25) is 0 Å². The van der Waals surface area contributed by atoms with Crippen LogP contribution in [0.3, 0.4) is 0 Å². The van der Waals surface area contributed by atoms with Gasteiger partial charge in [0.05, 0.1) is 0 Å². The number of aromatic nitrogens is 2. The molecular formula is C19H20N2O. The maximum atomic E-state index is 5.92.